The Kier molecular flexibility index (Phi) is 7.27. The van der Waals surface area contributed by atoms with Crippen molar-refractivity contribution in [3.63, 3.8) is 0 Å². The number of sulfone groups is 1. The van der Waals surface area contributed by atoms with Crippen LogP contribution in [0.3, 0.4) is 0 Å². The number of rotatable bonds is 7. The number of halogens is 4. The van der Waals surface area contributed by atoms with Gasteiger partial charge in [0.2, 0.25) is 11.8 Å². The molecule has 2 aromatic rings. The van der Waals surface area contributed by atoms with E-state index in [1.165, 1.54) is 24.4 Å². The third-order valence-corrected chi connectivity index (χ3v) is 11.7. The fraction of sp³-hybridized carbons (Fsp3) is 0.444. The summed E-state index contributed by atoms with van der Waals surface area (Å²) in [5.74, 6) is -9.77. The summed E-state index contributed by atoms with van der Waals surface area (Å²) in [6.45, 7) is -1.31. The summed E-state index contributed by atoms with van der Waals surface area (Å²) in [5.41, 5.74) is 2.41. The molecule has 2 unspecified atom stereocenters. The van der Waals surface area contributed by atoms with E-state index in [1.54, 1.807) is 18.2 Å². The maximum Gasteiger partial charge on any atom is 0.310 e. The maximum absolute atomic E-state index is 14.0. The molecule has 2 aliphatic carbocycles. The number of aromatic nitrogens is 1. The number of carbonyl (C=O) groups excluding carboxylic acids is 2. The lowest BCUT2D eigenvalue weighted by Crippen LogP contribution is -2.48. The molecular weight excluding hydrogens is 617 g/mol. The summed E-state index contributed by atoms with van der Waals surface area (Å²) in [4.78, 5) is 43.3. The van der Waals surface area contributed by atoms with E-state index in [9.17, 15) is 42.0 Å². The Morgan fingerprint density at radius 3 is 2.36 bits per heavy atom. The van der Waals surface area contributed by atoms with Gasteiger partial charge in [0, 0.05) is 25.1 Å². The summed E-state index contributed by atoms with van der Waals surface area (Å²) < 4.78 is 56.0. The van der Waals surface area contributed by atoms with Gasteiger partial charge >= 0.3 is 5.97 Å². The summed E-state index contributed by atoms with van der Waals surface area (Å²) in [5, 5.41) is 18.8. The molecular formula is C27H24Cl2F2N4O6S. The van der Waals surface area contributed by atoms with Gasteiger partial charge in [0.25, 0.3) is 5.92 Å². The minimum absolute atomic E-state index is 0.176. The number of pyridine rings is 1. The maximum atomic E-state index is 14.0. The lowest BCUT2D eigenvalue weighted by molar-refractivity contribution is -0.160. The van der Waals surface area contributed by atoms with Crippen molar-refractivity contribution >= 4 is 50.8 Å². The number of amides is 2. The molecule has 2 heterocycles. The molecule has 0 bridgehead atoms. The Labute approximate surface area is 249 Å². The van der Waals surface area contributed by atoms with Crippen LogP contribution in [0.1, 0.15) is 25.7 Å². The Morgan fingerprint density at radius 1 is 1.14 bits per heavy atom. The van der Waals surface area contributed by atoms with Crippen molar-refractivity contribution in [1.29, 1.82) is 5.26 Å². The molecule has 10 nitrogen and oxygen atoms in total. The van der Waals surface area contributed by atoms with E-state index in [1.807, 2.05) is 0 Å². The molecule has 222 valence electrons. The van der Waals surface area contributed by atoms with Gasteiger partial charge in [-0.15, -0.1) is 0 Å². The van der Waals surface area contributed by atoms with E-state index >= 15 is 0 Å². The van der Waals surface area contributed by atoms with Crippen molar-refractivity contribution in [2.75, 3.05) is 13.1 Å². The van der Waals surface area contributed by atoms with E-state index in [2.05, 4.69) is 4.98 Å². The zero-order valence-corrected chi connectivity index (χ0v) is 24.1. The second-order valence-electron chi connectivity index (χ2n) is 11.1. The topological polar surface area (TPSA) is 172 Å². The SMILES string of the molecule is N#CC1(C(N)=O)CC1[C@]1(C(=O)O)C[C@H](S(=O)(=O)c2ccc(-c3ccnc(Cl)c3)cc2Cl)C[C@H]1C(=O)N1CCC(F)(F)C1. The summed E-state index contributed by atoms with van der Waals surface area (Å²) in [7, 11) is -4.42. The van der Waals surface area contributed by atoms with E-state index in [-0.39, 0.29) is 28.0 Å². The number of nitrogens with zero attached hydrogens (tertiary/aromatic N) is 3. The normalized spacial score (nSPS) is 30.1. The Morgan fingerprint density at radius 2 is 1.83 bits per heavy atom. The van der Waals surface area contributed by atoms with E-state index in [0.717, 1.165) is 4.90 Å². The van der Waals surface area contributed by atoms with Crippen LogP contribution in [0.4, 0.5) is 8.78 Å². The molecule has 3 aliphatic rings. The molecule has 3 N–H and O–H groups in total. The number of primary amides is 1. The molecule has 5 atom stereocenters. The number of aliphatic carboxylic acids is 1. The zero-order chi connectivity index (χ0) is 30.8. The zero-order valence-electron chi connectivity index (χ0n) is 21.8. The molecule has 1 aliphatic heterocycles. The molecule has 1 aromatic carbocycles. The Hall–Kier alpha value is -3.34. The van der Waals surface area contributed by atoms with Crippen molar-refractivity contribution in [3.05, 3.63) is 46.7 Å². The van der Waals surface area contributed by atoms with Gasteiger partial charge in [0.05, 0.1) is 39.1 Å². The molecule has 5 rings (SSSR count). The minimum Gasteiger partial charge on any atom is -0.481 e. The van der Waals surface area contributed by atoms with Crippen LogP contribution in [0.2, 0.25) is 10.2 Å². The number of carboxylic acids is 1. The van der Waals surface area contributed by atoms with E-state index in [0.29, 0.717) is 11.1 Å². The lowest BCUT2D eigenvalue weighted by Gasteiger charge is -2.34. The predicted octanol–water partition coefficient (Wildman–Crippen LogP) is 3.56. The highest BCUT2D eigenvalue weighted by Crippen LogP contribution is 2.68. The second kappa shape index (κ2) is 10.1. The van der Waals surface area contributed by atoms with Crippen molar-refractivity contribution < 1.29 is 36.7 Å². The van der Waals surface area contributed by atoms with Crippen LogP contribution in [0.25, 0.3) is 11.1 Å². The van der Waals surface area contributed by atoms with E-state index < -0.39 is 87.3 Å². The number of nitrogens with two attached hydrogens (primary N) is 1. The van der Waals surface area contributed by atoms with Crippen LogP contribution in [0.15, 0.2) is 41.4 Å². The molecule has 2 saturated carbocycles. The van der Waals surface area contributed by atoms with Gasteiger partial charge in [0.1, 0.15) is 10.6 Å². The van der Waals surface area contributed by atoms with Gasteiger partial charge in [-0.2, -0.15) is 5.26 Å². The average Bonchev–Trinajstić information content (AvgIpc) is 3.37. The number of hydrogen-bond acceptors (Lipinski definition) is 7. The van der Waals surface area contributed by atoms with Gasteiger partial charge < -0.3 is 15.7 Å². The standard InChI is InChI=1S/C27H24Cl2F2N4O6S/c28-18-7-14(15-3-5-34-21(29)8-15)1-2-19(18)42(40,41)16-9-17(22(36)35-6-4-26(30,31)13-35)27(10-16,24(38)39)20-11-25(20,12-32)23(33)37/h1-3,5,7-8,16-17,20H,4,6,9-11,13H2,(H2,33,37)(H,38,39)/t16-,17+,20?,25?,27+/m1/s1. The number of hydrogen-bond donors (Lipinski definition) is 2. The molecule has 2 amide bonds. The van der Waals surface area contributed by atoms with Crippen LogP contribution < -0.4 is 5.73 Å². The van der Waals surface area contributed by atoms with Crippen LogP contribution in [-0.4, -0.2) is 65.5 Å². The van der Waals surface area contributed by atoms with Gasteiger partial charge in [-0.3, -0.25) is 14.4 Å². The first-order valence-electron chi connectivity index (χ1n) is 12.9. The smallest absolute Gasteiger partial charge is 0.310 e. The van der Waals surface area contributed by atoms with Crippen molar-refractivity contribution in [2.24, 2.45) is 28.4 Å². The van der Waals surface area contributed by atoms with Gasteiger partial charge in [-0.05, 0) is 54.7 Å². The van der Waals surface area contributed by atoms with Gasteiger partial charge in [0.15, 0.2) is 9.84 Å². The van der Waals surface area contributed by atoms with Crippen LogP contribution in [0.5, 0.6) is 0 Å². The number of alkyl halides is 2. The number of benzene rings is 1. The van der Waals surface area contributed by atoms with Gasteiger partial charge in [-0.25, -0.2) is 22.2 Å². The first-order valence-corrected chi connectivity index (χ1v) is 15.2. The third kappa shape index (κ3) is 4.69. The largest absolute Gasteiger partial charge is 0.481 e. The summed E-state index contributed by atoms with van der Waals surface area (Å²) in [6.07, 6.45) is -0.666. The highest BCUT2D eigenvalue weighted by molar-refractivity contribution is 7.92. The Bertz CT molecular complexity index is 1670. The minimum atomic E-state index is -4.42. The number of nitriles is 1. The highest BCUT2D eigenvalue weighted by Gasteiger charge is 2.76. The fourth-order valence-electron chi connectivity index (χ4n) is 6.56. The lowest BCUT2D eigenvalue weighted by atomic mass is 9.70. The summed E-state index contributed by atoms with van der Waals surface area (Å²) in [6, 6.07) is 9.06. The molecule has 1 saturated heterocycles. The monoisotopic (exact) mass is 640 g/mol. The summed E-state index contributed by atoms with van der Waals surface area (Å²) >= 11 is 12.4. The molecule has 0 spiro atoms. The van der Waals surface area contributed by atoms with Crippen LogP contribution in [0, 0.1) is 34.0 Å². The fourth-order valence-corrected chi connectivity index (χ4v) is 9.12. The van der Waals surface area contributed by atoms with Gasteiger partial charge in [-0.1, -0.05) is 29.3 Å². The van der Waals surface area contributed by atoms with Crippen LogP contribution >= 0.6 is 23.2 Å². The van der Waals surface area contributed by atoms with Crippen molar-refractivity contribution in [2.45, 2.75) is 41.8 Å². The highest BCUT2D eigenvalue weighted by atomic mass is 35.5. The van der Waals surface area contributed by atoms with Crippen molar-refractivity contribution in [1.82, 2.24) is 9.88 Å². The first-order chi connectivity index (χ1) is 19.6. The molecule has 1 aromatic heterocycles. The molecule has 15 heteroatoms. The van der Waals surface area contributed by atoms with E-state index in [4.69, 9.17) is 28.9 Å². The third-order valence-electron chi connectivity index (χ3n) is 8.82. The quantitative estimate of drug-likeness (QED) is 0.432. The second-order valence-corrected chi connectivity index (χ2v) is 14.1. The number of carboxylic acid groups (broad SMARTS) is 1. The Balaban J connectivity index is 1.56. The molecule has 42 heavy (non-hydrogen) atoms. The number of carbonyl (C=O) groups is 3. The molecule has 0 radical (unpaired) electrons. The molecule has 3 fully saturated rings. The average molecular weight is 641 g/mol. The predicted molar refractivity (Wildman–Crippen MR) is 145 cm³/mol. The van der Waals surface area contributed by atoms with Crippen molar-refractivity contribution in [3.8, 4) is 17.2 Å². The number of likely N-dealkylation sites (tertiary alicyclic amines) is 1. The first kappa shape index (κ1) is 30.1. The van der Waals surface area contributed by atoms with Crippen LogP contribution in [-0.2, 0) is 24.2 Å².